The quantitative estimate of drug-likeness (QED) is 0.754. The summed E-state index contributed by atoms with van der Waals surface area (Å²) >= 11 is 0. The number of imide groups is 1. The summed E-state index contributed by atoms with van der Waals surface area (Å²) in [6.07, 6.45) is 0.309. The normalized spacial score (nSPS) is 14.6. The third kappa shape index (κ3) is 4.06. The average molecular weight is 415 g/mol. The summed E-state index contributed by atoms with van der Waals surface area (Å²) in [7, 11) is -0.786. The van der Waals surface area contributed by atoms with E-state index in [1.807, 2.05) is 0 Å². The van der Waals surface area contributed by atoms with Crippen molar-refractivity contribution in [2.45, 2.75) is 24.7 Å². The Labute approximate surface area is 169 Å². The number of carbonyl (C=O) groups excluding carboxylic acids is 3. The maximum absolute atomic E-state index is 12.7. The van der Waals surface area contributed by atoms with E-state index in [1.54, 1.807) is 37.3 Å². The van der Waals surface area contributed by atoms with Gasteiger partial charge < -0.3 is 5.32 Å². The molecule has 0 spiro atoms. The summed E-state index contributed by atoms with van der Waals surface area (Å²) < 4.78 is 26.0. The topological polar surface area (TPSA) is 104 Å². The molecule has 1 aliphatic rings. The number of benzene rings is 2. The zero-order valence-corrected chi connectivity index (χ0v) is 17.1. The molecule has 152 valence electrons. The number of aryl methyl sites for hydroxylation is 1. The van der Waals surface area contributed by atoms with Crippen LogP contribution < -0.4 is 10.2 Å². The SMILES string of the molecule is Cc1ccc(NC(=O)c2cccc(N3C(=O)CCC3=O)c2)cc1S(=O)(=O)N(C)C. The molecule has 2 aromatic rings. The second-order valence-electron chi connectivity index (χ2n) is 6.90. The van der Waals surface area contributed by atoms with Crippen molar-refractivity contribution in [1.82, 2.24) is 4.31 Å². The van der Waals surface area contributed by atoms with Crippen molar-refractivity contribution in [1.29, 1.82) is 0 Å². The van der Waals surface area contributed by atoms with Gasteiger partial charge in [-0.05, 0) is 42.8 Å². The summed E-state index contributed by atoms with van der Waals surface area (Å²) in [5.74, 6) is -1.09. The number of sulfonamides is 1. The number of nitrogens with zero attached hydrogens (tertiary/aromatic N) is 2. The summed E-state index contributed by atoms with van der Waals surface area (Å²) in [6.45, 7) is 1.68. The van der Waals surface area contributed by atoms with Crippen molar-refractivity contribution >= 4 is 39.1 Å². The van der Waals surface area contributed by atoms with Gasteiger partial charge in [-0.1, -0.05) is 12.1 Å². The van der Waals surface area contributed by atoms with Gasteiger partial charge in [0.25, 0.3) is 5.91 Å². The highest BCUT2D eigenvalue weighted by atomic mass is 32.2. The van der Waals surface area contributed by atoms with Crippen molar-refractivity contribution in [3.8, 4) is 0 Å². The molecule has 1 aliphatic heterocycles. The van der Waals surface area contributed by atoms with Crippen LogP contribution in [-0.2, 0) is 19.6 Å². The Morgan fingerprint density at radius 3 is 2.31 bits per heavy atom. The first-order valence-corrected chi connectivity index (χ1v) is 10.4. The zero-order chi connectivity index (χ0) is 21.3. The molecule has 9 heteroatoms. The lowest BCUT2D eigenvalue weighted by atomic mass is 10.1. The fourth-order valence-electron chi connectivity index (χ4n) is 3.01. The number of anilines is 2. The van der Waals surface area contributed by atoms with E-state index >= 15 is 0 Å². The lowest BCUT2D eigenvalue weighted by molar-refractivity contribution is -0.121. The first-order chi connectivity index (χ1) is 13.6. The first-order valence-electron chi connectivity index (χ1n) is 8.91. The molecule has 3 amide bonds. The van der Waals surface area contributed by atoms with Crippen LogP contribution in [0.15, 0.2) is 47.4 Å². The Bertz CT molecular complexity index is 1090. The Balaban J connectivity index is 1.87. The second kappa shape index (κ2) is 7.76. The molecular weight excluding hydrogens is 394 g/mol. The van der Waals surface area contributed by atoms with E-state index in [2.05, 4.69) is 5.32 Å². The Morgan fingerprint density at radius 1 is 1.03 bits per heavy atom. The molecule has 1 saturated heterocycles. The van der Waals surface area contributed by atoms with Crippen molar-refractivity contribution in [3.05, 3.63) is 53.6 Å². The molecule has 0 saturated carbocycles. The van der Waals surface area contributed by atoms with Crippen molar-refractivity contribution in [2.24, 2.45) is 0 Å². The minimum Gasteiger partial charge on any atom is -0.322 e. The smallest absolute Gasteiger partial charge is 0.255 e. The van der Waals surface area contributed by atoms with E-state index in [1.165, 1.54) is 26.2 Å². The monoisotopic (exact) mass is 415 g/mol. The van der Waals surface area contributed by atoms with E-state index in [4.69, 9.17) is 0 Å². The minimum absolute atomic E-state index is 0.0994. The van der Waals surface area contributed by atoms with Gasteiger partial charge in [-0.3, -0.25) is 19.3 Å². The predicted molar refractivity (Wildman–Crippen MR) is 108 cm³/mol. The fraction of sp³-hybridized carbons (Fsp3) is 0.250. The minimum atomic E-state index is -3.66. The molecule has 1 N–H and O–H groups in total. The number of hydrogen-bond donors (Lipinski definition) is 1. The van der Waals surface area contributed by atoms with Crippen LogP contribution >= 0.6 is 0 Å². The molecule has 1 heterocycles. The van der Waals surface area contributed by atoms with Crippen molar-refractivity contribution in [3.63, 3.8) is 0 Å². The van der Waals surface area contributed by atoms with Crippen LogP contribution in [0.4, 0.5) is 11.4 Å². The van der Waals surface area contributed by atoms with Crippen LogP contribution in [0.3, 0.4) is 0 Å². The molecule has 0 unspecified atom stereocenters. The fourth-order valence-corrected chi connectivity index (χ4v) is 4.15. The Morgan fingerprint density at radius 2 is 1.69 bits per heavy atom. The standard InChI is InChI=1S/C20H21N3O5S/c1-13-7-8-15(12-17(13)29(27,28)22(2)3)21-20(26)14-5-4-6-16(11-14)23-18(24)9-10-19(23)25/h4-8,11-12H,9-10H2,1-3H3,(H,21,26). The van der Waals surface area contributed by atoms with Gasteiger partial charge in [-0.15, -0.1) is 0 Å². The van der Waals surface area contributed by atoms with Gasteiger partial charge in [0.2, 0.25) is 21.8 Å². The molecule has 3 rings (SSSR count). The third-order valence-corrected chi connectivity index (χ3v) is 6.58. The molecule has 29 heavy (non-hydrogen) atoms. The Kier molecular flexibility index (Phi) is 5.54. The van der Waals surface area contributed by atoms with E-state index in [0.717, 1.165) is 9.21 Å². The molecule has 8 nitrogen and oxygen atoms in total. The maximum atomic E-state index is 12.7. The van der Waals surface area contributed by atoms with Crippen molar-refractivity contribution in [2.75, 3.05) is 24.3 Å². The van der Waals surface area contributed by atoms with E-state index in [9.17, 15) is 22.8 Å². The lowest BCUT2D eigenvalue weighted by Crippen LogP contribution is -2.28. The van der Waals surface area contributed by atoms with Crippen LogP contribution in [0.1, 0.15) is 28.8 Å². The van der Waals surface area contributed by atoms with Gasteiger partial charge in [-0.2, -0.15) is 0 Å². The summed E-state index contributed by atoms with van der Waals surface area (Å²) in [4.78, 5) is 37.7. The molecule has 0 atom stereocenters. The molecule has 0 bridgehead atoms. The second-order valence-corrected chi connectivity index (χ2v) is 9.02. The third-order valence-electron chi connectivity index (χ3n) is 4.62. The van der Waals surface area contributed by atoms with Gasteiger partial charge >= 0.3 is 0 Å². The molecule has 0 aliphatic carbocycles. The Hall–Kier alpha value is -3.04. The van der Waals surface area contributed by atoms with Gasteiger partial charge in [0, 0.05) is 38.2 Å². The van der Waals surface area contributed by atoms with Crippen LogP contribution in [-0.4, -0.2) is 44.5 Å². The average Bonchev–Trinajstić information content (AvgIpc) is 3.01. The summed E-state index contributed by atoms with van der Waals surface area (Å²) in [5, 5.41) is 2.67. The number of rotatable bonds is 5. The molecule has 0 aromatic heterocycles. The van der Waals surface area contributed by atoms with Crippen molar-refractivity contribution < 1.29 is 22.8 Å². The van der Waals surface area contributed by atoms with Crippen LogP contribution in [0.2, 0.25) is 0 Å². The van der Waals surface area contributed by atoms with Crippen LogP contribution in [0.5, 0.6) is 0 Å². The summed E-state index contributed by atoms with van der Waals surface area (Å²) in [5.41, 5.74) is 1.46. The molecular formula is C20H21N3O5S. The number of hydrogen-bond acceptors (Lipinski definition) is 5. The molecule has 0 radical (unpaired) electrons. The predicted octanol–water partition coefficient (Wildman–Crippen LogP) is 2.15. The zero-order valence-electron chi connectivity index (χ0n) is 16.3. The number of carbonyl (C=O) groups is 3. The lowest BCUT2D eigenvalue weighted by Gasteiger charge is -2.16. The van der Waals surface area contributed by atoms with Gasteiger partial charge in [0.05, 0.1) is 10.6 Å². The van der Waals surface area contributed by atoms with Gasteiger partial charge in [0.15, 0.2) is 0 Å². The van der Waals surface area contributed by atoms with E-state index in [-0.39, 0.29) is 35.1 Å². The van der Waals surface area contributed by atoms with Gasteiger partial charge in [-0.25, -0.2) is 12.7 Å². The highest BCUT2D eigenvalue weighted by Gasteiger charge is 2.30. The first kappa shape index (κ1) is 20.7. The highest BCUT2D eigenvalue weighted by molar-refractivity contribution is 7.89. The number of amides is 3. The molecule has 1 fully saturated rings. The van der Waals surface area contributed by atoms with E-state index < -0.39 is 15.9 Å². The highest BCUT2D eigenvalue weighted by Crippen LogP contribution is 2.25. The molecule has 2 aromatic carbocycles. The van der Waals surface area contributed by atoms with E-state index in [0.29, 0.717) is 16.9 Å². The van der Waals surface area contributed by atoms with Crippen LogP contribution in [0.25, 0.3) is 0 Å². The summed E-state index contributed by atoms with van der Waals surface area (Å²) in [6, 6.07) is 10.8. The number of nitrogens with one attached hydrogen (secondary N) is 1. The largest absolute Gasteiger partial charge is 0.322 e. The van der Waals surface area contributed by atoms with Crippen LogP contribution in [0, 0.1) is 6.92 Å². The van der Waals surface area contributed by atoms with Gasteiger partial charge in [0.1, 0.15) is 0 Å². The maximum Gasteiger partial charge on any atom is 0.255 e.